The number of sulfonamides is 1. The first-order valence-corrected chi connectivity index (χ1v) is 12.3. The van der Waals surface area contributed by atoms with E-state index < -0.39 is 21.9 Å². The van der Waals surface area contributed by atoms with E-state index in [9.17, 15) is 26.4 Å². The van der Waals surface area contributed by atoms with Gasteiger partial charge in [-0.2, -0.15) is 13.2 Å². The van der Waals surface area contributed by atoms with E-state index in [0.717, 1.165) is 30.0 Å². The number of nitrogens with two attached hydrogens (primary N) is 1. The van der Waals surface area contributed by atoms with Crippen LogP contribution in [0.2, 0.25) is 0 Å². The SMILES string of the molecule is NS(=O)(=O)c1ccc(-c2sc(C(=O)N3CC4CC4C3)nc2-c2ccc(C(F)(F)F)nc2)cc1. The van der Waals surface area contributed by atoms with Gasteiger partial charge in [-0.05, 0) is 48.1 Å². The predicted octanol–water partition coefficient (Wildman–Crippen LogP) is 3.63. The van der Waals surface area contributed by atoms with Crippen molar-refractivity contribution in [1.82, 2.24) is 14.9 Å². The molecule has 0 bridgehead atoms. The molecule has 3 heterocycles. The van der Waals surface area contributed by atoms with Crippen LogP contribution in [0, 0.1) is 11.8 Å². The highest BCUT2D eigenvalue weighted by Crippen LogP contribution is 2.46. The number of alkyl halides is 3. The Morgan fingerprint density at radius 1 is 1.06 bits per heavy atom. The first-order valence-electron chi connectivity index (χ1n) is 9.97. The van der Waals surface area contributed by atoms with Crippen molar-refractivity contribution >= 4 is 27.3 Å². The molecule has 2 fully saturated rings. The topological polar surface area (TPSA) is 106 Å². The zero-order valence-corrected chi connectivity index (χ0v) is 18.5. The lowest BCUT2D eigenvalue weighted by Gasteiger charge is -2.15. The van der Waals surface area contributed by atoms with Gasteiger partial charge in [0.05, 0.1) is 15.5 Å². The van der Waals surface area contributed by atoms with Crippen LogP contribution < -0.4 is 5.14 Å². The first-order chi connectivity index (χ1) is 15.5. The summed E-state index contributed by atoms with van der Waals surface area (Å²) in [6.45, 7) is 1.36. The van der Waals surface area contributed by atoms with Crippen LogP contribution >= 0.6 is 11.3 Å². The molecule has 2 atom stereocenters. The molecule has 1 saturated heterocycles. The summed E-state index contributed by atoms with van der Waals surface area (Å²) in [5.41, 5.74) is 0.136. The molecule has 5 rings (SSSR count). The highest BCUT2D eigenvalue weighted by molar-refractivity contribution is 7.89. The van der Waals surface area contributed by atoms with Crippen molar-refractivity contribution in [3.8, 4) is 21.7 Å². The van der Waals surface area contributed by atoms with Crippen LogP contribution in [0.5, 0.6) is 0 Å². The van der Waals surface area contributed by atoms with E-state index in [1.807, 2.05) is 0 Å². The van der Waals surface area contributed by atoms with Crippen LogP contribution in [-0.4, -0.2) is 42.3 Å². The normalized spacial score (nSPS) is 20.1. The van der Waals surface area contributed by atoms with Crippen molar-refractivity contribution in [1.29, 1.82) is 0 Å². The molecule has 2 N–H and O–H groups in total. The molecule has 0 radical (unpaired) electrons. The molecular formula is C21H17F3N4O3S2. The van der Waals surface area contributed by atoms with Gasteiger partial charge in [-0.15, -0.1) is 11.3 Å². The van der Waals surface area contributed by atoms with E-state index in [-0.39, 0.29) is 15.8 Å². The summed E-state index contributed by atoms with van der Waals surface area (Å²) in [5.74, 6) is 0.858. The Labute approximate surface area is 191 Å². The number of halogens is 3. The molecule has 1 aliphatic carbocycles. The van der Waals surface area contributed by atoms with Gasteiger partial charge in [-0.3, -0.25) is 9.78 Å². The summed E-state index contributed by atoms with van der Waals surface area (Å²) in [5, 5.41) is 5.38. The van der Waals surface area contributed by atoms with Crippen LogP contribution in [0.1, 0.15) is 21.9 Å². The molecule has 12 heteroatoms. The zero-order valence-electron chi connectivity index (χ0n) is 16.9. The van der Waals surface area contributed by atoms with E-state index in [2.05, 4.69) is 9.97 Å². The smallest absolute Gasteiger partial charge is 0.336 e. The second-order valence-electron chi connectivity index (χ2n) is 8.16. The van der Waals surface area contributed by atoms with Crippen molar-refractivity contribution in [2.75, 3.05) is 13.1 Å². The minimum absolute atomic E-state index is 0.0823. The highest BCUT2D eigenvalue weighted by Gasteiger charge is 2.47. The number of hydrogen-bond donors (Lipinski definition) is 1. The Hall–Kier alpha value is -2.83. The van der Waals surface area contributed by atoms with Crippen molar-refractivity contribution in [2.24, 2.45) is 17.0 Å². The van der Waals surface area contributed by atoms with Crippen molar-refractivity contribution in [3.63, 3.8) is 0 Å². The zero-order chi connectivity index (χ0) is 23.5. The fraction of sp³-hybridized carbons (Fsp3) is 0.286. The number of benzene rings is 1. The molecule has 2 unspecified atom stereocenters. The van der Waals surface area contributed by atoms with Gasteiger partial charge in [0.15, 0.2) is 5.01 Å². The van der Waals surface area contributed by atoms with Gasteiger partial charge < -0.3 is 4.90 Å². The van der Waals surface area contributed by atoms with Crippen molar-refractivity contribution in [2.45, 2.75) is 17.5 Å². The Morgan fingerprint density at radius 2 is 1.70 bits per heavy atom. The fourth-order valence-corrected chi connectivity index (χ4v) is 5.58. The number of piperidine rings is 1. The van der Waals surface area contributed by atoms with Crippen LogP contribution in [0.15, 0.2) is 47.5 Å². The second kappa shape index (κ2) is 7.61. The summed E-state index contributed by atoms with van der Waals surface area (Å²) in [6.07, 6.45) is -2.38. The Morgan fingerprint density at radius 3 is 2.24 bits per heavy atom. The van der Waals surface area contributed by atoms with Gasteiger partial charge >= 0.3 is 6.18 Å². The number of likely N-dealkylation sites (tertiary alicyclic amines) is 1. The predicted molar refractivity (Wildman–Crippen MR) is 115 cm³/mol. The van der Waals surface area contributed by atoms with Gasteiger partial charge in [0, 0.05) is 24.8 Å². The summed E-state index contributed by atoms with van der Waals surface area (Å²) >= 11 is 1.11. The lowest BCUT2D eigenvalue weighted by molar-refractivity contribution is -0.141. The Balaban J connectivity index is 1.55. The minimum atomic E-state index is -4.58. The maximum atomic E-state index is 13.0. The van der Waals surface area contributed by atoms with Gasteiger partial charge in [-0.1, -0.05) is 12.1 Å². The summed E-state index contributed by atoms with van der Waals surface area (Å²) in [7, 11) is -3.89. The highest BCUT2D eigenvalue weighted by atomic mass is 32.2. The number of amides is 1. The summed E-state index contributed by atoms with van der Waals surface area (Å²) in [4.78, 5) is 23.2. The molecule has 1 aromatic carbocycles. The third-order valence-electron chi connectivity index (χ3n) is 5.85. The average Bonchev–Trinajstić information content (AvgIpc) is 3.18. The average molecular weight is 495 g/mol. The molecule has 7 nitrogen and oxygen atoms in total. The number of rotatable bonds is 4. The van der Waals surface area contributed by atoms with Crippen LogP contribution in [0.3, 0.4) is 0 Å². The molecule has 2 aliphatic rings. The molecule has 33 heavy (non-hydrogen) atoms. The van der Waals surface area contributed by atoms with E-state index in [1.165, 1.54) is 30.3 Å². The number of aromatic nitrogens is 2. The van der Waals surface area contributed by atoms with Gasteiger partial charge in [0.1, 0.15) is 5.69 Å². The number of pyridine rings is 1. The lowest BCUT2D eigenvalue weighted by Crippen LogP contribution is -2.30. The van der Waals surface area contributed by atoms with E-state index in [4.69, 9.17) is 5.14 Å². The number of hydrogen-bond acceptors (Lipinski definition) is 6. The number of carbonyl (C=O) groups is 1. The minimum Gasteiger partial charge on any atom is -0.336 e. The number of primary sulfonamides is 1. The fourth-order valence-electron chi connectivity index (χ4n) is 4.00. The third-order valence-corrected chi connectivity index (χ3v) is 7.87. The maximum absolute atomic E-state index is 13.0. The second-order valence-corrected chi connectivity index (χ2v) is 10.7. The van der Waals surface area contributed by atoms with Gasteiger partial charge in [0.2, 0.25) is 10.0 Å². The number of nitrogens with zero attached hydrogens (tertiary/aromatic N) is 3. The van der Waals surface area contributed by atoms with Gasteiger partial charge in [0.25, 0.3) is 5.91 Å². The van der Waals surface area contributed by atoms with Crippen molar-refractivity contribution in [3.05, 3.63) is 53.3 Å². The first kappa shape index (κ1) is 22.0. The summed E-state index contributed by atoms with van der Waals surface area (Å²) < 4.78 is 61.9. The monoisotopic (exact) mass is 494 g/mol. The largest absolute Gasteiger partial charge is 0.433 e. The lowest BCUT2D eigenvalue weighted by atomic mass is 10.1. The maximum Gasteiger partial charge on any atom is 0.433 e. The van der Waals surface area contributed by atoms with Gasteiger partial charge in [-0.25, -0.2) is 18.5 Å². The number of thiazole rings is 1. The molecule has 172 valence electrons. The molecule has 1 saturated carbocycles. The molecule has 1 amide bonds. The number of fused-ring (bicyclic) bond motifs is 1. The molecular weight excluding hydrogens is 477 g/mol. The quantitative estimate of drug-likeness (QED) is 0.596. The Bertz CT molecular complexity index is 1330. The van der Waals surface area contributed by atoms with Crippen LogP contribution in [-0.2, 0) is 16.2 Å². The Kier molecular flexibility index (Phi) is 5.07. The third kappa shape index (κ3) is 4.25. The summed E-state index contributed by atoms with van der Waals surface area (Å²) in [6, 6.07) is 7.81. The van der Waals surface area contributed by atoms with Crippen molar-refractivity contribution < 1.29 is 26.4 Å². The van der Waals surface area contributed by atoms with E-state index >= 15 is 0 Å². The molecule has 2 aromatic heterocycles. The van der Waals surface area contributed by atoms with Crippen LogP contribution in [0.25, 0.3) is 21.7 Å². The molecule has 0 spiro atoms. The molecule has 3 aromatic rings. The standard InChI is InChI=1S/C21H17F3N4O3S2/c22-21(23,24)16-6-3-12(8-26-16)17-18(11-1-4-15(5-2-11)33(25,30)31)32-19(27-17)20(29)28-9-13-7-14(13)10-28/h1-6,8,13-14H,7,9-10H2,(H2,25,30,31). The molecule has 1 aliphatic heterocycles. The van der Waals surface area contributed by atoms with E-state index in [0.29, 0.717) is 46.6 Å². The van der Waals surface area contributed by atoms with E-state index in [1.54, 1.807) is 4.90 Å². The van der Waals surface area contributed by atoms with Crippen LogP contribution in [0.4, 0.5) is 13.2 Å². The number of carbonyl (C=O) groups excluding carboxylic acids is 1.